The second-order valence-electron chi connectivity index (χ2n) is 5.71. The summed E-state index contributed by atoms with van der Waals surface area (Å²) in [5.74, 6) is -0.912. The van der Waals surface area contributed by atoms with Crippen LogP contribution in [-0.2, 0) is 5.54 Å². The normalized spacial score (nSPS) is 18.7. The number of pyridine rings is 1. The highest BCUT2D eigenvalue weighted by Crippen LogP contribution is 2.35. The third kappa shape index (κ3) is 3.58. The zero-order valence-electron chi connectivity index (χ0n) is 13.7. The number of hydrogen-bond acceptors (Lipinski definition) is 6. The maximum atomic E-state index is 14.4. The lowest BCUT2D eigenvalue weighted by Crippen LogP contribution is -2.25. The van der Waals surface area contributed by atoms with Crippen LogP contribution in [0, 0.1) is 17.1 Å². The van der Waals surface area contributed by atoms with Gasteiger partial charge in [0.1, 0.15) is 23.1 Å². The summed E-state index contributed by atoms with van der Waals surface area (Å²) in [5.41, 5.74) is 6.01. The first-order valence-corrected chi connectivity index (χ1v) is 8.46. The Morgan fingerprint density at radius 3 is 2.85 bits per heavy atom. The summed E-state index contributed by atoms with van der Waals surface area (Å²) in [4.78, 5) is 20.6. The van der Waals surface area contributed by atoms with Gasteiger partial charge in [0, 0.05) is 17.4 Å². The first kappa shape index (κ1) is 17.6. The van der Waals surface area contributed by atoms with E-state index in [2.05, 4.69) is 15.3 Å². The molecule has 0 aliphatic carbocycles. The van der Waals surface area contributed by atoms with E-state index in [9.17, 15) is 9.18 Å². The monoisotopic (exact) mass is 367 g/mol. The van der Waals surface area contributed by atoms with Gasteiger partial charge in [0.05, 0.1) is 5.56 Å². The van der Waals surface area contributed by atoms with Gasteiger partial charge >= 0.3 is 0 Å². The molecule has 6 nitrogen and oxygen atoms in total. The summed E-state index contributed by atoms with van der Waals surface area (Å²) in [6.45, 7) is 1.74. The molecule has 0 bridgehead atoms. The SMILES string of the molecule is CC1(c2cc(NC(=O)c3ccc(C#N)cn3)ccc2F)C=CSC(N)=N1. The summed E-state index contributed by atoms with van der Waals surface area (Å²) in [7, 11) is 0. The van der Waals surface area contributed by atoms with Crippen molar-refractivity contribution in [1.29, 1.82) is 5.26 Å². The average molecular weight is 367 g/mol. The van der Waals surface area contributed by atoms with Crippen LogP contribution in [0.15, 0.2) is 53.0 Å². The number of aliphatic imine (C=N–C) groups is 1. The molecule has 0 radical (unpaired) electrons. The molecule has 0 saturated carbocycles. The summed E-state index contributed by atoms with van der Waals surface area (Å²) in [5, 5.41) is 13.5. The molecule has 8 heteroatoms. The average Bonchev–Trinajstić information content (AvgIpc) is 2.63. The van der Waals surface area contributed by atoms with Crippen molar-refractivity contribution in [1.82, 2.24) is 4.98 Å². The van der Waals surface area contributed by atoms with E-state index in [-0.39, 0.29) is 5.69 Å². The van der Waals surface area contributed by atoms with E-state index in [1.54, 1.807) is 18.4 Å². The van der Waals surface area contributed by atoms with Crippen LogP contribution in [0.4, 0.5) is 10.1 Å². The summed E-state index contributed by atoms with van der Waals surface area (Å²) >= 11 is 1.26. The number of amidine groups is 1. The van der Waals surface area contributed by atoms with Crippen LogP contribution in [0.1, 0.15) is 28.5 Å². The number of carbonyl (C=O) groups excluding carboxylic acids is 1. The number of anilines is 1. The minimum absolute atomic E-state index is 0.150. The predicted molar refractivity (Wildman–Crippen MR) is 99.0 cm³/mol. The molecule has 0 spiro atoms. The van der Waals surface area contributed by atoms with E-state index in [4.69, 9.17) is 11.0 Å². The van der Waals surface area contributed by atoms with Gasteiger partial charge in [-0.05, 0) is 48.7 Å². The standard InChI is InChI=1S/C18H14FN5OS/c1-18(6-7-26-17(21)24-18)13-8-12(3-4-14(13)19)23-16(25)15-5-2-11(9-20)10-22-15/h2-8,10H,1H3,(H2,21,24)(H,23,25). The Kier molecular flexibility index (Phi) is 4.73. The number of nitrogens with two attached hydrogens (primary N) is 1. The van der Waals surface area contributed by atoms with Gasteiger partial charge in [-0.25, -0.2) is 14.4 Å². The number of thioether (sulfide) groups is 1. The molecule has 1 aromatic carbocycles. The van der Waals surface area contributed by atoms with Crippen LogP contribution in [0.5, 0.6) is 0 Å². The molecule has 130 valence electrons. The van der Waals surface area contributed by atoms with Crippen LogP contribution >= 0.6 is 11.8 Å². The van der Waals surface area contributed by atoms with Crippen LogP contribution in [0.25, 0.3) is 0 Å². The molecular weight excluding hydrogens is 353 g/mol. The second kappa shape index (κ2) is 6.98. The Morgan fingerprint density at radius 2 is 2.19 bits per heavy atom. The van der Waals surface area contributed by atoms with Crippen molar-refractivity contribution in [2.75, 3.05) is 5.32 Å². The van der Waals surface area contributed by atoms with E-state index in [1.807, 2.05) is 6.07 Å². The number of rotatable bonds is 3. The van der Waals surface area contributed by atoms with E-state index in [0.717, 1.165) is 0 Å². The largest absolute Gasteiger partial charge is 0.378 e. The third-order valence-electron chi connectivity index (χ3n) is 3.82. The van der Waals surface area contributed by atoms with Gasteiger partial charge in [0.15, 0.2) is 5.17 Å². The molecule has 1 unspecified atom stereocenters. The number of aromatic nitrogens is 1. The Labute approximate surface area is 153 Å². The lowest BCUT2D eigenvalue weighted by atomic mass is 9.92. The zero-order chi connectivity index (χ0) is 18.7. The highest BCUT2D eigenvalue weighted by Gasteiger charge is 2.29. The molecule has 3 rings (SSSR count). The van der Waals surface area contributed by atoms with Crippen molar-refractivity contribution < 1.29 is 9.18 Å². The molecule has 26 heavy (non-hydrogen) atoms. The highest BCUT2D eigenvalue weighted by atomic mass is 32.2. The fraction of sp³-hybridized carbons (Fsp3) is 0.111. The summed E-state index contributed by atoms with van der Waals surface area (Å²) in [6.07, 6.45) is 3.06. The lowest BCUT2D eigenvalue weighted by Gasteiger charge is -2.26. The molecule has 1 aromatic heterocycles. The molecule has 0 fully saturated rings. The van der Waals surface area contributed by atoms with Gasteiger partial charge in [0.25, 0.3) is 5.91 Å². The Hall–Kier alpha value is -3.18. The van der Waals surface area contributed by atoms with Crippen molar-refractivity contribution in [2.45, 2.75) is 12.5 Å². The van der Waals surface area contributed by atoms with E-state index >= 15 is 0 Å². The van der Waals surface area contributed by atoms with Crippen molar-refractivity contribution in [3.63, 3.8) is 0 Å². The fourth-order valence-electron chi connectivity index (χ4n) is 2.46. The molecule has 1 aliphatic heterocycles. The molecule has 1 atom stereocenters. The number of halogens is 1. The number of nitrogens with zero attached hydrogens (tertiary/aromatic N) is 3. The smallest absolute Gasteiger partial charge is 0.274 e. The number of amides is 1. The molecule has 2 heterocycles. The topological polar surface area (TPSA) is 104 Å². The predicted octanol–water partition coefficient (Wildman–Crippen LogP) is 3.14. The van der Waals surface area contributed by atoms with Gasteiger partial charge in [-0.2, -0.15) is 5.26 Å². The van der Waals surface area contributed by atoms with Crippen molar-refractivity contribution in [2.24, 2.45) is 10.7 Å². The highest BCUT2D eigenvalue weighted by molar-refractivity contribution is 8.16. The number of carbonyl (C=O) groups is 1. The molecule has 2 aromatic rings. The van der Waals surface area contributed by atoms with E-state index < -0.39 is 17.3 Å². The van der Waals surface area contributed by atoms with E-state index in [0.29, 0.717) is 22.0 Å². The zero-order valence-corrected chi connectivity index (χ0v) is 14.5. The van der Waals surface area contributed by atoms with Crippen molar-refractivity contribution in [3.05, 3.63) is 70.7 Å². The Bertz CT molecular complexity index is 965. The lowest BCUT2D eigenvalue weighted by molar-refractivity contribution is 0.102. The van der Waals surface area contributed by atoms with Crippen LogP contribution in [-0.4, -0.2) is 16.1 Å². The summed E-state index contributed by atoms with van der Waals surface area (Å²) < 4.78 is 14.4. The molecule has 1 amide bonds. The van der Waals surface area contributed by atoms with Gasteiger partial charge in [-0.3, -0.25) is 4.79 Å². The van der Waals surface area contributed by atoms with Gasteiger partial charge in [-0.1, -0.05) is 11.8 Å². The van der Waals surface area contributed by atoms with Crippen LogP contribution in [0.3, 0.4) is 0 Å². The molecule has 3 N–H and O–H groups in total. The quantitative estimate of drug-likeness (QED) is 0.867. The number of nitrogens with one attached hydrogen (secondary N) is 1. The van der Waals surface area contributed by atoms with Crippen molar-refractivity contribution in [3.8, 4) is 6.07 Å². The number of hydrogen-bond donors (Lipinski definition) is 2. The van der Waals surface area contributed by atoms with Gasteiger partial charge < -0.3 is 11.1 Å². The van der Waals surface area contributed by atoms with Crippen LogP contribution < -0.4 is 11.1 Å². The maximum Gasteiger partial charge on any atom is 0.274 e. The molecular formula is C18H14FN5OS. The Morgan fingerprint density at radius 1 is 1.38 bits per heavy atom. The summed E-state index contributed by atoms with van der Waals surface area (Å²) in [6, 6.07) is 9.13. The van der Waals surface area contributed by atoms with Crippen molar-refractivity contribution >= 4 is 28.5 Å². The second-order valence-corrected chi connectivity index (χ2v) is 6.64. The minimum atomic E-state index is -0.952. The van der Waals surface area contributed by atoms with Crippen LogP contribution in [0.2, 0.25) is 0 Å². The third-order valence-corrected chi connectivity index (χ3v) is 4.42. The first-order valence-electron chi connectivity index (χ1n) is 7.58. The number of benzene rings is 1. The van der Waals surface area contributed by atoms with Gasteiger partial charge in [-0.15, -0.1) is 0 Å². The molecule has 1 aliphatic rings. The maximum absolute atomic E-state index is 14.4. The number of nitriles is 1. The Balaban J connectivity index is 1.88. The van der Waals surface area contributed by atoms with E-state index in [1.165, 1.54) is 48.3 Å². The van der Waals surface area contributed by atoms with Gasteiger partial charge in [0.2, 0.25) is 0 Å². The molecule has 0 saturated heterocycles. The first-order chi connectivity index (χ1) is 12.4. The fourth-order valence-corrected chi connectivity index (χ4v) is 3.17. The minimum Gasteiger partial charge on any atom is -0.378 e.